The maximum Gasteiger partial charge on any atom is 0.256 e. The highest BCUT2D eigenvalue weighted by atomic mass is 19.1. The number of nitrogens with zero attached hydrogens (tertiary/aromatic N) is 2. The molecule has 0 saturated carbocycles. The fraction of sp³-hybridized carbons (Fsp3) is 0. The summed E-state index contributed by atoms with van der Waals surface area (Å²) in [6.07, 6.45) is 1.54. The maximum atomic E-state index is 13.2. The zero-order chi connectivity index (χ0) is 17.6. The van der Waals surface area contributed by atoms with Gasteiger partial charge in [-0.25, -0.2) is 9.37 Å². The highest BCUT2D eigenvalue weighted by Crippen LogP contribution is 2.20. The van der Waals surface area contributed by atoms with Crippen LogP contribution in [0.25, 0.3) is 0 Å². The van der Waals surface area contributed by atoms with Gasteiger partial charge in [0.05, 0.1) is 23.1 Å². The van der Waals surface area contributed by atoms with Gasteiger partial charge in [-0.2, -0.15) is 5.26 Å². The summed E-state index contributed by atoms with van der Waals surface area (Å²) in [6, 6.07) is 18.0. The quantitative estimate of drug-likeness (QED) is 0.754. The molecular weight excluding hydrogens is 319 g/mol. The van der Waals surface area contributed by atoms with Crippen LogP contribution in [0.2, 0.25) is 0 Å². The van der Waals surface area contributed by atoms with E-state index in [9.17, 15) is 9.18 Å². The second-order valence-electron chi connectivity index (χ2n) is 5.18. The summed E-state index contributed by atoms with van der Waals surface area (Å²) in [4.78, 5) is 16.2. The van der Waals surface area contributed by atoms with Crippen molar-refractivity contribution in [2.45, 2.75) is 0 Å². The number of pyridine rings is 1. The van der Waals surface area contributed by atoms with Gasteiger partial charge in [-0.3, -0.25) is 4.79 Å². The minimum Gasteiger partial charge on any atom is -0.353 e. The molecule has 0 aliphatic rings. The van der Waals surface area contributed by atoms with Crippen molar-refractivity contribution in [3.05, 3.63) is 83.8 Å². The summed E-state index contributed by atoms with van der Waals surface area (Å²) in [5, 5.41) is 14.8. The number of carbonyl (C=O) groups is 1. The van der Waals surface area contributed by atoms with Gasteiger partial charge in [-0.1, -0.05) is 18.2 Å². The van der Waals surface area contributed by atoms with Crippen molar-refractivity contribution in [3.63, 3.8) is 0 Å². The number of amides is 1. The number of benzene rings is 2. The number of nitrogens with one attached hydrogen (secondary N) is 2. The lowest BCUT2D eigenvalue weighted by Crippen LogP contribution is -2.13. The fourth-order valence-corrected chi connectivity index (χ4v) is 2.21. The van der Waals surface area contributed by atoms with E-state index in [-0.39, 0.29) is 5.56 Å². The Labute approximate surface area is 143 Å². The van der Waals surface area contributed by atoms with E-state index in [1.165, 1.54) is 24.4 Å². The van der Waals surface area contributed by atoms with Crippen LogP contribution >= 0.6 is 0 Å². The van der Waals surface area contributed by atoms with Gasteiger partial charge < -0.3 is 10.6 Å². The molecule has 0 aliphatic carbocycles. The molecule has 0 radical (unpaired) electrons. The predicted molar refractivity (Wildman–Crippen MR) is 93.0 cm³/mol. The number of anilines is 3. The molecule has 2 aromatic carbocycles. The molecule has 5 nitrogen and oxygen atoms in total. The Morgan fingerprint density at radius 1 is 1.08 bits per heavy atom. The van der Waals surface area contributed by atoms with Gasteiger partial charge in [-0.05, 0) is 42.5 Å². The molecule has 1 amide bonds. The van der Waals surface area contributed by atoms with Crippen molar-refractivity contribution in [1.29, 1.82) is 5.26 Å². The Morgan fingerprint density at radius 3 is 2.64 bits per heavy atom. The van der Waals surface area contributed by atoms with E-state index >= 15 is 0 Å². The topological polar surface area (TPSA) is 77.8 Å². The van der Waals surface area contributed by atoms with Gasteiger partial charge in [-0.15, -0.1) is 0 Å². The number of hydrogen-bond acceptors (Lipinski definition) is 4. The lowest BCUT2D eigenvalue weighted by Gasteiger charge is -2.09. The van der Waals surface area contributed by atoms with Gasteiger partial charge in [0.2, 0.25) is 0 Å². The molecule has 0 unspecified atom stereocenters. The monoisotopic (exact) mass is 332 g/mol. The number of para-hydroxylation sites is 1. The summed E-state index contributed by atoms with van der Waals surface area (Å²) in [7, 11) is 0. The molecule has 0 bridgehead atoms. The molecule has 0 atom stereocenters. The van der Waals surface area contributed by atoms with Gasteiger partial charge in [0.25, 0.3) is 5.91 Å². The molecule has 3 aromatic rings. The number of rotatable bonds is 4. The normalized spacial score (nSPS) is 9.92. The van der Waals surface area contributed by atoms with Crippen molar-refractivity contribution < 1.29 is 9.18 Å². The highest BCUT2D eigenvalue weighted by molar-refractivity contribution is 6.03. The predicted octanol–water partition coefficient (Wildman–Crippen LogP) is 4.09. The second kappa shape index (κ2) is 7.23. The third-order valence-electron chi connectivity index (χ3n) is 3.42. The number of hydrogen-bond donors (Lipinski definition) is 2. The summed E-state index contributed by atoms with van der Waals surface area (Å²) in [5.41, 5.74) is 2.08. The first-order valence-corrected chi connectivity index (χ1v) is 7.45. The third-order valence-corrected chi connectivity index (χ3v) is 3.42. The Balaban J connectivity index is 1.70. The Bertz CT molecular complexity index is 948. The van der Waals surface area contributed by atoms with E-state index in [2.05, 4.69) is 21.7 Å². The summed E-state index contributed by atoms with van der Waals surface area (Å²) in [6.45, 7) is 0. The van der Waals surface area contributed by atoms with Crippen molar-refractivity contribution in [2.24, 2.45) is 0 Å². The largest absolute Gasteiger partial charge is 0.353 e. The standard InChI is InChI=1S/C19H13FN4O/c20-15-6-3-5-13(10-15)19(25)24-18-9-8-16(12-22-18)23-17-7-2-1-4-14(17)11-21/h1-10,12,23H,(H,22,24,25). The van der Waals surface area contributed by atoms with Crippen LogP contribution in [0.15, 0.2) is 66.9 Å². The van der Waals surface area contributed by atoms with E-state index in [0.29, 0.717) is 22.8 Å². The minimum atomic E-state index is -0.476. The van der Waals surface area contributed by atoms with Gasteiger partial charge in [0, 0.05) is 5.56 Å². The number of aromatic nitrogens is 1. The first kappa shape index (κ1) is 16.1. The van der Waals surface area contributed by atoms with Crippen molar-refractivity contribution in [3.8, 4) is 6.07 Å². The molecule has 1 heterocycles. The molecule has 25 heavy (non-hydrogen) atoms. The third kappa shape index (κ3) is 3.98. The molecular formula is C19H13FN4O. The van der Waals surface area contributed by atoms with Crippen LogP contribution in [0.1, 0.15) is 15.9 Å². The van der Waals surface area contributed by atoms with Crippen LogP contribution in [0, 0.1) is 17.1 Å². The maximum absolute atomic E-state index is 13.2. The number of halogens is 1. The van der Waals surface area contributed by atoms with Crippen molar-refractivity contribution in [1.82, 2.24) is 4.98 Å². The molecule has 6 heteroatoms. The Morgan fingerprint density at radius 2 is 1.92 bits per heavy atom. The molecule has 0 fully saturated rings. The summed E-state index contributed by atoms with van der Waals surface area (Å²) < 4.78 is 13.2. The molecule has 0 aliphatic heterocycles. The zero-order valence-corrected chi connectivity index (χ0v) is 13.0. The lowest BCUT2D eigenvalue weighted by atomic mass is 10.2. The molecule has 3 rings (SSSR count). The van der Waals surface area contributed by atoms with E-state index in [0.717, 1.165) is 6.07 Å². The SMILES string of the molecule is N#Cc1ccccc1Nc1ccc(NC(=O)c2cccc(F)c2)nc1. The smallest absolute Gasteiger partial charge is 0.256 e. The lowest BCUT2D eigenvalue weighted by molar-refractivity contribution is 0.102. The summed E-state index contributed by atoms with van der Waals surface area (Å²) >= 11 is 0. The van der Waals surface area contributed by atoms with E-state index in [1.807, 2.05) is 6.07 Å². The Kier molecular flexibility index (Phi) is 4.67. The molecule has 1 aromatic heterocycles. The van der Waals surface area contributed by atoms with Crippen LogP contribution in [0.5, 0.6) is 0 Å². The first-order chi connectivity index (χ1) is 12.2. The minimum absolute atomic E-state index is 0.215. The fourth-order valence-electron chi connectivity index (χ4n) is 2.21. The van der Waals surface area contributed by atoms with Crippen LogP contribution in [0.3, 0.4) is 0 Å². The highest BCUT2D eigenvalue weighted by Gasteiger charge is 2.08. The summed E-state index contributed by atoms with van der Waals surface area (Å²) in [5.74, 6) is -0.577. The van der Waals surface area contributed by atoms with Crippen molar-refractivity contribution in [2.75, 3.05) is 10.6 Å². The van der Waals surface area contributed by atoms with Gasteiger partial charge in [0.1, 0.15) is 17.7 Å². The van der Waals surface area contributed by atoms with Gasteiger partial charge in [0.15, 0.2) is 0 Å². The first-order valence-electron chi connectivity index (χ1n) is 7.45. The molecule has 0 saturated heterocycles. The molecule has 0 spiro atoms. The van der Waals surface area contributed by atoms with Crippen LogP contribution in [-0.2, 0) is 0 Å². The van der Waals surface area contributed by atoms with E-state index < -0.39 is 11.7 Å². The Hall–Kier alpha value is -3.72. The van der Waals surface area contributed by atoms with Crippen LogP contribution in [0.4, 0.5) is 21.6 Å². The van der Waals surface area contributed by atoms with E-state index in [1.54, 1.807) is 30.3 Å². The average Bonchev–Trinajstić information content (AvgIpc) is 2.64. The zero-order valence-electron chi connectivity index (χ0n) is 13.0. The number of carbonyl (C=O) groups excluding carboxylic acids is 1. The molecule has 2 N–H and O–H groups in total. The average molecular weight is 332 g/mol. The van der Waals surface area contributed by atoms with E-state index in [4.69, 9.17) is 5.26 Å². The second-order valence-corrected chi connectivity index (χ2v) is 5.18. The van der Waals surface area contributed by atoms with Crippen molar-refractivity contribution >= 4 is 23.1 Å². The van der Waals surface area contributed by atoms with Crippen LogP contribution < -0.4 is 10.6 Å². The van der Waals surface area contributed by atoms with Gasteiger partial charge >= 0.3 is 0 Å². The van der Waals surface area contributed by atoms with Crippen LogP contribution in [-0.4, -0.2) is 10.9 Å². The molecule has 122 valence electrons. The number of nitriles is 1.